The Morgan fingerprint density at radius 3 is 2.75 bits per heavy atom. The average Bonchev–Trinajstić information content (AvgIpc) is 2.30. The zero-order valence-corrected chi connectivity index (χ0v) is 7.89. The summed E-state index contributed by atoms with van der Waals surface area (Å²) >= 11 is 0. The average molecular weight is 193 g/mol. The fourth-order valence-electron chi connectivity index (χ4n) is 1.39. The Morgan fingerprint density at radius 2 is 2.33 bits per heavy atom. The van der Waals surface area contributed by atoms with Gasteiger partial charge in [-0.3, -0.25) is 0 Å². The van der Waals surface area contributed by atoms with Crippen molar-refractivity contribution in [3.63, 3.8) is 0 Å². The van der Waals surface area contributed by atoms with Crippen molar-refractivity contribution in [2.24, 2.45) is 11.1 Å². The molecule has 0 bridgehead atoms. The van der Waals surface area contributed by atoms with E-state index >= 15 is 0 Å². The molecule has 2 atom stereocenters. The Labute approximate surface area is 72.9 Å². The van der Waals surface area contributed by atoms with Gasteiger partial charge < -0.3 is 5.32 Å². The molecular formula is C6H15N3O2S. The molecule has 4 N–H and O–H groups in total. The molecule has 0 radical (unpaired) electrons. The molecule has 0 aromatic heterocycles. The van der Waals surface area contributed by atoms with Gasteiger partial charge in [-0.05, 0) is 18.9 Å². The second kappa shape index (κ2) is 3.69. The van der Waals surface area contributed by atoms with E-state index in [1.165, 1.54) is 0 Å². The molecule has 0 aromatic carbocycles. The van der Waals surface area contributed by atoms with Crippen LogP contribution in [0.15, 0.2) is 0 Å². The largest absolute Gasteiger partial charge is 0.312 e. The standard InChI is InChI=1S/C6H15N3O2S/c1-5-2-6(8-3-5)4-9-12(7,10)11/h5-6,8-9H,2-4H2,1H3,(H2,7,10,11). The lowest BCUT2D eigenvalue weighted by atomic mass is 10.1. The third-order valence-electron chi connectivity index (χ3n) is 1.97. The molecule has 0 aliphatic carbocycles. The molecular weight excluding hydrogens is 178 g/mol. The molecule has 12 heavy (non-hydrogen) atoms. The maximum Gasteiger partial charge on any atom is 0.274 e. The van der Waals surface area contributed by atoms with Gasteiger partial charge in [0.25, 0.3) is 10.2 Å². The van der Waals surface area contributed by atoms with E-state index in [4.69, 9.17) is 5.14 Å². The molecule has 0 spiro atoms. The predicted octanol–water partition coefficient (Wildman–Crippen LogP) is -1.22. The van der Waals surface area contributed by atoms with Crippen molar-refractivity contribution in [1.29, 1.82) is 0 Å². The van der Waals surface area contributed by atoms with Gasteiger partial charge in [0.2, 0.25) is 0 Å². The van der Waals surface area contributed by atoms with Crippen molar-refractivity contribution in [3.05, 3.63) is 0 Å². The normalized spacial score (nSPS) is 30.8. The van der Waals surface area contributed by atoms with Crippen molar-refractivity contribution >= 4 is 10.2 Å². The van der Waals surface area contributed by atoms with Crippen LogP contribution in [0.25, 0.3) is 0 Å². The Balaban J connectivity index is 2.25. The van der Waals surface area contributed by atoms with E-state index in [1.807, 2.05) is 0 Å². The Bertz CT molecular complexity index is 239. The summed E-state index contributed by atoms with van der Waals surface area (Å²) in [5.74, 6) is 0.622. The van der Waals surface area contributed by atoms with Crippen LogP contribution in [0.4, 0.5) is 0 Å². The van der Waals surface area contributed by atoms with E-state index in [0.29, 0.717) is 12.5 Å². The third kappa shape index (κ3) is 3.48. The first-order chi connectivity index (χ1) is 5.47. The summed E-state index contributed by atoms with van der Waals surface area (Å²) < 4.78 is 23.3. The van der Waals surface area contributed by atoms with Gasteiger partial charge in [-0.2, -0.15) is 8.42 Å². The Morgan fingerprint density at radius 1 is 1.67 bits per heavy atom. The molecule has 72 valence electrons. The highest BCUT2D eigenvalue weighted by molar-refractivity contribution is 7.87. The smallest absolute Gasteiger partial charge is 0.274 e. The van der Waals surface area contributed by atoms with E-state index < -0.39 is 10.2 Å². The van der Waals surface area contributed by atoms with Crippen molar-refractivity contribution < 1.29 is 8.42 Å². The summed E-state index contributed by atoms with van der Waals surface area (Å²) in [6, 6.07) is 0.235. The molecule has 0 amide bonds. The van der Waals surface area contributed by atoms with Crippen molar-refractivity contribution in [2.75, 3.05) is 13.1 Å². The van der Waals surface area contributed by atoms with Gasteiger partial charge in [-0.1, -0.05) is 6.92 Å². The predicted molar refractivity (Wildman–Crippen MR) is 46.7 cm³/mol. The summed E-state index contributed by atoms with van der Waals surface area (Å²) in [7, 11) is -3.52. The number of hydrogen-bond donors (Lipinski definition) is 3. The molecule has 0 aromatic rings. The molecule has 1 aliphatic heterocycles. The number of nitrogens with two attached hydrogens (primary N) is 1. The van der Waals surface area contributed by atoms with Crippen LogP contribution in [0.5, 0.6) is 0 Å². The van der Waals surface area contributed by atoms with Crippen LogP contribution in [-0.4, -0.2) is 27.5 Å². The van der Waals surface area contributed by atoms with Crippen LogP contribution in [0.1, 0.15) is 13.3 Å². The highest BCUT2D eigenvalue weighted by Gasteiger charge is 2.20. The minimum atomic E-state index is -3.52. The molecule has 1 aliphatic rings. The third-order valence-corrected chi connectivity index (χ3v) is 2.54. The van der Waals surface area contributed by atoms with Crippen molar-refractivity contribution in [1.82, 2.24) is 10.0 Å². The summed E-state index contributed by atoms with van der Waals surface area (Å²) in [5.41, 5.74) is 0. The van der Waals surface area contributed by atoms with Crippen LogP contribution < -0.4 is 15.2 Å². The molecule has 1 saturated heterocycles. The number of hydrogen-bond acceptors (Lipinski definition) is 3. The first-order valence-corrected chi connectivity index (χ1v) is 5.53. The van der Waals surface area contributed by atoms with Crippen LogP contribution >= 0.6 is 0 Å². The minimum Gasteiger partial charge on any atom is -0.312 e. The highest BCUT2D eigenvalue weighted by atomic mass is 32.2. The Kier molecular flexibility index (Phi) is 3.05. The monoisotopic (exact) mass is 193 g/mol. The van der Waals surface area contributed by atoms with E-state index in [9.17, 15) is 8.42 Å². The van der Waals surface area contributed by atoms with Gasteiger partial charge in [0.05, 0.1) is 0 Å². The highest BCUT2D eigenvalue weighted by Crippen LogP contribution is 2.11. The second-order valence-corrected chi connectivity index (χ2v) is 4.72. The van der Waals surface area contributed by atoms with Crippen molar-refractivity contribution in [3.8, 4) is 0 Å². The van der Waals surface area contributed by atoms with Crippen LogP contribution in [0, 0.1) is 5.92 Å². The van der Waals surface area contributed by atoms with Crippen molar-refractivity contribution in [2.45, 2.75) is 19.4 Å². The molecule has 5 nitrogen and oxygen atoms in total. The Hall–Kier alpha value is -0.170. The van der Waals surface area contributed by atoms with Crippen LogP contribution in [0.3, 0.4) is 0 Å². The lowest BCUT2D eigenvalue weighted by Crippen LogP contribution is -2.40. The fraction of sp³-hybridized carbons (Fsp3) is 1.00. The first kappa shape index (κ1) is 9.91. The fourth-order valence-corrected chi connectivity index (χ4v) is 1.83. The van der Waals surface area contributed by atoms with Gasteiger partial charge >= 0.3 is 0 Å². The second-order valence-electron chi connectivity index (χ2n) is 3.34. The zero-order chi connectivity index (χ0) is 9.19. The lowest BCUT2D eigenvalue weighted by molar-refractivity contribution is 0.545. The summed E-state index contributed by atoms with van der Waals surface area (Å²) in [6.45, 7) is 3.48. The zero-order valence-electron chi connectivity index (χ0n) is 7.08. The number of rotatable bonds is 3. The number of nitrogens with one attached hydrogen (secondary N) is 2. The molecule has 1 rings (SSSR count). The van der Waals surface area contributed by atoms with Crippen LogP contribution in [-0.2, 0) is 10.2 Å². The van der Waals surface area contributed by atoms with Crippen LogP contribution in [0.2, 0.25) is 0 Å². The first-order valence-electron chi connectivity index (χ1n) is 3.98. The summed E-state index contributed by atoms with van der Waals surface area (Å²) in [5, 5.41) is 7.98. The lowest BCUT2D eigenvalue weighted by Gasteiger charge is -2.09. The molecule has 0 saturated carbocycles. The van der Waals surface area contributed by atoms with Gasteiger partial charge in [-0.15, -0.1) is 0 Å². The van der Waals surface area contributed by atoms with E-state index in [1.54, 1.807) is 0 Å². The molecule has 6 heteroatoms. The van der Waals surface area contributed by atoms with Gasteiger partial charge in [0.1, 0.15) is 0 Å². The molecule has 2 unspecified atom stereocenters. The maximum atomic E-state index is 10.5. The molecule has 1 heterocycles. The SMILES string of the molecule is CC1CNC(CNS(N)(=O)=O)C1. The van der Waals surface area contributed by atoms with E-state index in [-0.39, 0.29) is 6.04 Å². The maximum absolute atomic E-state index is 10.5. The van der Waals surface area contributed by atoms with E-state index in [0.717, 1.165) is 13.0 Å². The summed E-state index contributed by atoms with van der Waals surface area (Å²) in [4.78, 5) is 0. The minimum absolute atomic E-state index is 0.235. The summed E-state index contributed by atoms with van der Waals surface area (Å²) in [6.07, 6.45) is 1.00. The van der Waals surface area contributed by atoms with E-state index in [2.05, 4.69) is 17.0 Å². The van der Waals surface area contributed by atoms with Gasteiger partial charge in [0, 0.05) is 12.6 Å². The topological polar surface area (TPSA) is 84.2 Å². The van der Waals surface area contributed by atoms with Gasteiger partial charge in [-0.25, -0.2) is 9.86 Å². The van der Waals surface area contributed by atoms with Gasteiger partial charge in [0.15, 0.2) is 0 Å². The molecule has 1 fully saturated rings. The quantitative estimate of drug-likeness (QED) is 0.525.